The van der Waals surface area contributed by atoms with Gasteiger partial charge in [-0.3, -0.25) is 13.9 Å². The van der Waals surface area contributed by atoms with Crippen LogP contribution in [0.2, 0.25) is 5.02 Å². The summed E-state index contributed by atoms with van der Waals surface area (Å²) in [6.07, 6.45) is 5.19. The van der Waals surface area contributed by atoms with Crippen LogP contribution in [0.25, 0.3) is 33.3 Å². The number of rotatable bonds is 5. The Morgan fingerprint density at radius 2 is 1.67 bits per heavy atom. The fourth-order valence-electron chi connectivity index (χ4n) is 7.61. The summed E-state index contributed by atoms with van der Waals surface area (Å²) in [5.74, 6) is 1.06. The molecule has 2 fully saturated rings. The molecule has 52 heavy (non-hydrogen) atoms. The van der Waals surface area contributed by atoms with Crippen molar-refractivity contribution in [3.8, 4) is 28.3 Å². The van der Waals surface area contributed by atoms with Crippen LogP contribution in [-0.2, 0) is 26.9 Å². The summed E-state index contributed by atoms with van der Waals surface area (Å²) in [7, 11) is 4.78. The average molecular weight is 723 g/mol. The molecule has 12 nitrogen and oxygen atoms in total. The summed E-state index contributed by atoms with van der Waals surface area (Å²) < 4.78 is 8.19. The van der Waals surface area contributed by atoms with E-state index in [2.05, 4.69) is 32.3 Å². The highest BCUT2D eigenvalue weighted by Gasteiger charge is 2.37. The number of urea groups is 1. The monoisotopic (exact) mass is 722 g/mol. The Bertz CT molecular complexity index is 2340. The minimum Gasteiger partial charge on any atom is -0.481 e. The number of hydrogen-bond acceptors (Lipinski definition) is 8. The SMILES string of the molecule is COc1nc(-c2cccc(-c3cccc(Nc4nc(C)cc5c4c(=O)n(C)c(=O)n5C)c3C)c2Cl)cc2c1CCC2.O=C1NCCC2(CCNC2)N1. The van der Waals surface area contributed by atoms with E-state index in [-0.39, 0.29) is 17.3 Å². The van der Waals surface area contributed by atoms with Crippen LogP contribution in [0.5, 0.6) is 5.88 Å². The molecule has 3 aromatic heterocycles. The first-order valence-electron chi connectivity index (χ1n) is 17.6. The first-order chi connectivity index (χ1) is 25.0. The van der Waals surface area contributed by atoms with Crippen LogP contribution in [-0.4, -0.2) is 57.4 Å². The third kappa shape index (κ3) is 6.41. The van der Waals surface area contributed by atoms with E-state index in [9.17, 15) is 14.4 Å². The van der Waals surface area contributed by atoms with Gasteiger partial charge in [0.2, 0.25) is 5.88 Å². The number of nitrogens with zero attached hydrogens (tertiary/aromatic N) is 4. The second-order valence-corrected chi connectivity index (χ2v) is 14.2. The Kier molecular flexibility index (Phi) is 9.53. The summed E-state index contributed by atoms with van der Waals surface area (Å²) in [6, 6.07) is 15.7. The number of benzene rings is 2. The fourth-order valence-corrected chi connectivity index (χ4v) is 7.94. The number of halogens is 1. The van der Waals surface area contributed by atoms with E-state index in [0.29, 0.717) is 33.3 Å². The van der Waals surface area contributed by atoms with Gasteiger partial charge in [-0.1, -0.05) is 41.9 Å². The lowest BCUT2D eigenvalue weighted by Crippen LogP contribution is -2.59. The zero-order valence-corrected chi connectivity index (χ0v) is 30.8. The van der Waals surface area contributed by atoms with Crippen LogP contribution in [0.4, 0.5) is 16.3 Å². The molecule has 1 atom stereocenters. The predicted molar refractivity (Wildman–Crippen MR) is 205 cm³/mol. The number of pyridine rings is 2. The van der Waals surface area contributed by atoms with Crippen molar-refractivity contribution in [2.24, 2.45) is 14.1 Å². The topological polar surface area (TPSA) is 144 Å². The van der Waals surface area contributed by atoms with E-state index in [1.807, 2.05) is 50.2 Å². The Balaban J connectivity index is 0.000000324. The summed E-state index contributed by atoms with van der Waals surface area (Å²) in [4.78, 5) is 46.1. The number of nitrogens with one attached hydrogen (secondary N) is 4. The lowest BCUT2D eigenvalue weighted by atomic mass is 9.93. The third-order valence-corrected chi connectivity index (χ3v) is 10.9. The molecule has 0 saturated carbocycles. The first kappa shape index (κ1) is 35.2. The third-order valence-electron chi connectivity index (χ3n) is 10.5. The molecule has 0 bridgehead atoms. The van der Waals surface area contributed by atoms with Gasteiger partial charge in [0.25, 0.3) is 5.56 Å². The number of carbonyl (C=O) groups excluding carboxylic acids is 1. The number of amides is 2. The molecule has 2 saturated heterocycles. The molecule has 2 aromatic carbocycles. The number of aryl methyl sites for hydroxylation is 3. The number of methoxy groups -OCH3 is 1. The summed E-state index contributed by atoms with van der Waals surface area (Å²) in [5, 5.41) is 13.3. The maximum atomic E-state index is 13.2. The summed E-state index contributed by atoms with van der Waals surface area (Å²) in [5.41, 5.74) is 8.08. The van der Waals surface area contributed by atoms with Gasteiger partial charge in [-0.15, -0.1) is 0 Å². The number of hydrogen-bond donors (Lipinski definition) is 4. The van der Waals surface area contributed by atoms with Crippen molar-refractivity contribution >= 4 is 40.0 Å². The predicted octanol–water partition coefficient (Wildman–Crippen LogP) is 5.29. The molecule has 5 aromatic rings. The van der Waals surface area contributed by atoms with Crippen molar-refractivity contribution in [1.82, 2.24) is 35.1 Å². The lowest BCUT2D eigenvalue weighted by Gasteiger charge is -2.33. The van der Waals surface area contributed by atoms with Crippen LogP contribution >= 0.6 is 11.6 Å². The Morgan fingerprint density at radius 1 is 0.923 bits per heavy atom. The average Bonchev–Trinajstić information content (AvgIpc) is 3.80. The number of ether oxygens (including phenoxy) is 1. The first-order valence-corrected chi connectivity index (χ1v) is 17.9. The maximum Gasteiger partial charge on any atom is 0.330 e. The highest BCUT2D eigenvalue weighted by Crippen LogP contribution is 2.41. The second kappa shape index (κ2) is 14.1. The molecule has 3 aliphatic rings. The van der Waals surface area contributed by atoms with Gasteiger partial charge in [-0.25, -0.2) is 19.6 Å². The van der Waals surface area contributed by atoms with E-state index < -0.39 is 5.56 Å². The van der Waals surface area contributed by atoms with Crippen LogP contribution in [0.3, 0.4) is 0 Å². The van der Waals surface area contributed by atoms with Gasteiger partial charge in [0.1, 0.15) is 11.2 Å². The molecule has 270 valence electrons. The highest BCUT2D eigenvalue weighted by molar-refractivity contribution is 6.36. The number of anilines is 2. The van der Waals surface area contributed by atoms with Crippen LogP contribution in [0.1, 0.15) is 41.6 Å². The van der Waals surface area contributed by atoms with Gasteiger partial charge in [0, 0.05) is 55.3 Å². The van der Waals surface area contributed by atoms with Crippen molar-refractivity contribution in [1.29, 1.82) is 0 Å². The van der Waals surface area contributed by atoms with Gasteiger partial charge in [0.15, 0.2) is 0 Å². The second-order valence-electron chi connectivity index (χ2n) is 13.8. The minimum atomic E-state index is -0.403. The van der Waals surface area contributed by atoms with Crippen molar-refractivity contribution < 1.29 is 9.53 Å². The molecule has 13 heteroatoms. The van der Waals surface area contributed by atoms with Crippen molar-refractivity contribution in [3.63, 3.8) is 0 Å². The van der Waals surface area contributed by atoms with E-state index in [1.165, 1.54) is 22.7 Å². The molecule has 1 spiro atoms. The van der Waals surface area contributed by atoms with Crippen LogP contribution in [0, 0.1) is 13.8 Å². The van der Waals surface area contributed by atoms with Gasteiger partial charge in [0.05, 0.1) is 28.9 Å². The molecule has 1 aliphatic carbocycles. The molecular formula is C39H43ClN8O4. The van der Waals surface area contributed by atoms with Crippen LogP contribution in [0.15, 0.2) is 58.1 Å². The Morgan fingerprint density at radius 3 is 2.42 bits per heavy atom. The summed E-state index contributed by atoms with van der Waals surface area (Å²) in [6.45, 7) is 6.61. The van der Waals surface area contributed by atoms with Crippen molar-refractivity contribution in [2.45, 2.75) is 51.5 Å². The smallest absolute Gasteiger partial charge is 0.330 e. The van der Waals surface area contributed by atoms with Crippen molar-refractivity contribution in [2.75, 3.05) is 32.1 Å². The van der Waals surface area contributed by atoms with Gasteiger partial charge in [-0.05, 0) is 87.4 Å². The highest BCUT2D eigenvalue weighted by atomic mass is 35.5. The van der Waals surface area contributed by atoms with E-state index >= 15 is 0 Å². The van der Waals surface area contributed by atoms with E-state index in [4.69, 9.17) is 21.3 Å². The summed E-state index contributed by atoms with van der Waals surface area (Å²) >= 11 is 7.09. The molecule has 0 radical (unpaired) electrons. The molecule has 1 unspecified atom stereocenters. The molecule has 8 rings (SSSR count). The maximum absolute atomic E-state index is 13.2. The fraction of sp³-hybridized carbons (Fsp3) is 0.359. The van der Waals surface area contributed by atoms with Gasteiger partial charge < -0.3 is 26.0 Å². The standard InChI is InChI=1S/C32H30ClN5O3.C7H13N3O/c1-17-15-26-27(31(39)38(4)32(40)37(26)3)29(34-17)35-24-14-8-10-20(18(24)2)22-12-7-13-23(28(22)33)25-16-19-9-6-11-21(19)30(36-25)41-5;11-6-9-4-2-7(10-6)1-3-8-5-7/h7-8,10,12-16H,6,9,11H2,1-5H3,(H,34,35);8H,1-5H2,(H2,9,10,11). The van der Waals surface area contributed by atoms with E-state index in [1.54, 1.807) is 20.2 Å². The van der Waals surface area contributed by atoms with Crippen LogP contribution < -0.4 is 37.3 Å². The largest absolute Gasteiger partial charge is 0.481 e. The zero-order valence-electron chi connectivity index (χ0n) is 30.1. The number of aromatic nitrogens is 4. The molecule has 4 N–H and O–H groups in total. The molecular weight excluding hydrogens is 680 g/mol. The number of fused-ring (bicyclic) bond motifs is 2. The molecule has 2 aliphatic heterocycles. The number of carbonyl (C=O) groups is 1. The van der Waals surface area contributed by atoms with Crippen molar-refractivity contribution in [3.05, 3.63) is 96.8 Å². The Labute approximate surface area is 306 Å². The quantitative estimate of drug-likeness (QED) is 0.192. The minimum absolute atomic E-state index is 0.0139. The molecule has 2 amide bonds. The zero-order chi connectivity index (χ0) is 36.7. The van der Waals surface area contributed by atoms with Gasteiger partial charge in [-0.2, -0.15) is 0 Å². The van der Waals surface area contributed by atoms with Gasteiger partial charge >= 0.3 is 11.7 Å². The lowest BCUT2D eigenvalue weighted by molar-refractivity contribution is 0.211. The Hall–Kier alpha value is -5.20. The molecule has 5 heterocycles. The normalized spacial score (nSPS) is 17.7. The van der Waals surface area contributed by atoms with E-state index in [0.717, 1.165) is 89.9 Å².